The minimum absolute atomic E-state index is 0.463. The van der Waals surface area contributed by atoms with E-state index in [1.165, 1.54) is 10.9 Å². The molecule has 0 aliphatic rings. The Kier molecular flexibility index (Phi) is 1.01. The van der Waals surface area contributed by atoms with Crippen molar-refractivity contribution in [3.8, 4) is 6.07 Å². The van der Waals surface area contributed by atoms with Gasteiger partial charge in [-0.3, -0.25) is 4.68 Å². The van der Waals surface area contributed by atoms with Gasteiger partial charge in [0, 0.05) is 13.1 Å². The first kappa shape index (κ1) is 4.85. The maximum Gasteiger partial charge on any atom is 0.146 e. The zero-order chi connectivity index (χ0) is 5.98. The molecule has 1 aromatic heterocycles. The predicted molar refractivity (Wildman–Crippen MR) is 26.8 cm³/mol. The normalized spacial score (nSPS) is 8.50. The average Bonchev–Trinajstić information content (AvgIpc) is 2.14. The van der Waals surface area contributed by atoms with Crippen LogP contribution in [0.15, 0.2) is 6.20 Å². The van der Waals surface area contributed by atoms with E-state index in [1.54, 1.807) is 7.05 Å². The van der Waals surface area contributed by atoms with Gasteiger partial charge in [-0.25, -0.2) is 0 Å². The van der Waals surface area contributed by atoms with Crippen LogP contribution in [0.3, 0.4) is 0 Å². The predicted octanol–water partition coefficient (Wildman–Crippen LogP) is 0.0920. The van der Waals surface area contributed by atoms with Gasteiger partial charge in [0.15, 0.2) is 0 Å². The van der Waals surface area contributed by atoms with Crippen LogP contribution >= 0.6 is 0 Å². The minimum Gasteiger partial charge on any atom is -0.257 e. The first-order chi connectivity index (χ1) is 3.84. The zero-order valence-electron chi connectivity index (χ0n) is 4.42. The van der Waals surface area contributed by atoms with E-state index in [-0.39, 0.29) is 0 Å². The molecule has 8 heavy (non-hydrogen) atoms. The third kappa shape index (κ3) is 0.562. The van der Waals surface area contributed by atoms with E-state index in [0.29, 0.717) is 5.69 Å². The summed E-state index contributed by atoms with van der Waals surface area (Å²) in [4.78, 5) is 0. The fourth-order valence-corrected chi connectivity index (χ4v) is 0.432. The molecule has 0 saturated carbocycles. The van der Waals surface area contributed by atoms with Crippen molar-refractivity contribution in [1.82, 2.24) is 9.78 Å². The quantitative estimate of drug-likeness (QED) is 0.470. The molecule has 1 rings (SSSR count). The van der Waals surface area contributed by atoms with Crippen LogP contribution in [0.25, 0.3) is 0 Å². The van der Waals surface area contributed by atoms with E-state index in [9.17, 15) is 0 Å². The fourth-order valence-electron chi connectivity index (χ4n) is 0.432. The van der Waals surface area contributed by atoms with Gasteiger partial charge < -0.3 is 0 Å². The van der Waals surface area contributed by atoms with Crippen molar-refractivity contribution in [2.45, 2.75) is 0 Å². The topological polar surface area (TPSA) is 41.6 Å². The summed E-state index contributed by atoms with van der Waals surface area (Å²) >= 11 is 0. The fraction of sp³-hybridized carbons (Fsp3) is 0.200. The monoisotopic (exact) mass is 106 g/mol. The van der Waals surface area contributed by atoms with E-state index in [0.717, 1.165) is 0 Å². The van der Waals surface area contributed by atoms with Crippen LogP contribution in [-0.2, 0) is 7.05 Å². The van der Waals surface area contributed by atoms with Crippen molar-refractivity contribution in [3.05, 3.63) is 18.0 Å². The molecular weight excluding hydrogens is 102 g/mol. The molecular formula is C5H4N3. The Morgan fingerprint density at radius 2 is 2.75 bits per heavy atom. The maximum atomic E-state index is 8.27. The number of nitrogens with zero attached hydrogens (tertiary/aromatic N) is 3. The lowest BCUT2D eigenvalue weighted by Crippen LogP contribution is -1.91. The van der Waals surface area contributed by atoms with Gasteiger partial charge in [-0.05, 0) is 0 Å². The zero-order valence-corrected chi connectivity index (χ0v) is 4.42. The lowest BCUT2D eigenvalue weighted by Gasteiger charge is -1.84. The van der Waals surface area contributed by atoms with Crippen LogP contribution in [0.1, 0.15) is 5.69 Å². The van der Waals surface area contributed by atoms with Gasteiger partial charge in [-0.2, -0.15) is 10.4 Å². The van der Waals surface area contributed by atoms with Crippen molar-refractivity contribution >= 4 is 0 Å². The van der Waals surface area contributed by atoms with Crippen LogP contribution in [0.2, 0.25) is 0 Å². The summed E-state index contributed by atoms with van der Waals surface area (Å²) in [7, 11) is 1.70. The third-order valence-electron chi connectivity index (χ3n) is 0.862. The highest BCUT2D eigenvalue weighted by atomic mass is 15.2. The molecule has 0 saturated heterocycles. The molecule has 0 spiro atoms. The Morgan fingerprint density at radius 1 is 2.00 bits per heavy atom. The van der Waals surface area contributed by atoms with Crippen LogP contribution in [0.5, 0.6) is 0 Å². The Morgan fingerprint density at radius 3 is 3.00 bits per heavy atom. The minimum atomic E-state index is 0.463. The van der Waals surface area contributed by atoms with Crippen LogP contribution in [0.4, 0.5) is 0 Å². The van der Waals surface area contributed by atoms with Crippen molar-refractivity contribution in [2.24, 2.45) is 7.05 Å². The molecule has 0 aromatic carbocycles. The van der Waals surface area contributed by atoms with Crippen LogP contribution in [0, 0.1) is 17.4 Å². The summed E-state index contributed by atoms with van der Waals surface area (Å²) in [6.07, 6.45) is 1.47. The van der Waals surface area contributed by atoms with Gasteiger partial charge >= 0.3 is 0 Å². The summed E-state index contributed by atoms with van der Waals surface area (Å²) in [5, 5.41) is 12.0. The molecule has 0 amide bonds. The second kappa shape index (κ2) is 1.66. The Balaban J connectivity index is 3.15. The van der Waals surface area contributed by atoms with Gasteiger partial charge in [0.1, 0.15) is 11.8 Å². The summed E-state index contributed by atoms with van der Waals surface area (Å²) in [6, 6.07) is 4.57. The second-order valence-corrected chi connectivity index (χ2v) is 1.37. The summed E-state index contributed by atoms with van der Waals surface area (Å²) in [6.45, 7) is 0. The largest absolute Gasteiger partial charge is 0.257 e. The highest BCUT2D eigenvalue weighted by Gasteiger charge is 1.91. The molecule has 0 bridgehead atoms. The lowest BCUT2D eigenvalue weighted by molar-refractivity contribution is 0.756. The smallest absolute Gasteiger partial charge is 0.146 e. The highest BCUT2D eigenvalue weighted by molar-refractivity contribution is 5.15. The van der Waals surface area contributed by atoms with Gasteiger partial charge in [0.05, 0.1) is 6.20 Å². The number of hydrogen-bond donors (Lipinski definition) is 0. The number of rotatable bonds is 0. The first-order valence-corrected chi connectivity index (χ1v) is 2.14. The third-order valence-corrected chi connectivity index (χ3v) is 0.862. The van der Waals surface area contributed by atoms with Crippen molar-refractivity contribution in [2.75, 3.05) is 0 Å². The molecule has 3 nitrogen and oxygen atoms in total. The maximum absolute atomic E-state index is 8.27. The van der Waals surface area contributed by atoms with Crippen molar-refractivity contribution < 1.29 is 0 Å². The standard InChI is InChI=1S/C5H4N3/c1-8-5(4-6)2-3-7-8/h3H,1H3. The van der Waals surface area contributed by atoms with Gasteiger partial charge in [0.2, 0.25) is 0 Å². The molecule has 1 radical (unpaired) electrons. The SMILES string of the molecule is Cn1nc[c]c1C#N. The summed E-state index contributed by atoms with van der Waals surface area (Å²) < 4.78 is 1.47. The number of hydrogen-bond acceptors (Lipinski definition) is 2. The van der Waals surface area contributed by atoms with Crippen LogP contribution < -0.4 is 0 Å². The highest BCUT2D eigenvalue weighted by Crippen LogP contribution is 1.88. The van der Waals surface area contributed by atoms with E-state index in [2.05, 4.69) is 11.2 Å². The Hall–Kier alpha value is -1.30. The second-order valence-electron chi connectivity index (χ2n) is 1.37. The Labute approximate surface area is 47.2 Å². The van der Waals surface area contributed by atoms with Crippen molar-refractivity contribution in [3.63, 3.8) is 0 Å². The van der Waals surface area contributed by atoms with E-state index in [4.69, 9.17) is 5.26 Å². The molecule has 0 aliphatic carbocycles. The Bertz CT molecular complexity index is 218. The molecule has 0 atom stereocenters. The van der Waals surface area contributed by atoms with Gasteiger partial charge in [-0.15, -0.1) is 0 Å². The molecule has 0 N–H and O–H groups in total. The molecule has 0 fully saturated rings. The summed E-state index contributed by atoms with van der Waals surface area (Å²) in [5.74, 6) is 0. The molecule has 3 heteroatoms. The van der Waals surface area contributed by atoms with Gasteiger partial charge in [0.25, 0.3) is 0 Å². The molecule has 0 aliphatic heterocycles. The molecule has 39 valence electrons. The van der Waals surface area contributed by atoms with E-state index < -0.39 is 0 Å². The number of aromatic nitrogens is 2. The van der Waals surface area contributed by atoms with Crippen LogP contribution in [-0.4, -0.2) is 9.78 Å². The van der Waals surface area contributed by atoms with Gasteiger partial charge in [-0.1, -0.05) is 0 Å². The molecule has 1 aromatic rings. The average molecular weight is 106 g/mol. The number of aryl methyl sites for hydroxylation is 1. The van der Waals surface area contributed by atoms with Crippen molar-refractivity contribution in [1.29, 1.82) is 5.26 Å². The van der Waals surface area contributed by atoms with E-state index >= 15 is 0 Å². The molecule has 0 unspecified atom stereocenters. The molecule has 1 heterocycles. The number of nitriles is 1. The first-order valence-electron chi connectivity index (χ1n) is 2.14. The van der Waals surface area contributed by atoms with E-state index in [1.807, 2.05) is 6.07 Å². The lowest BCUT2D eigenvalue weighted by atomic mass is 10.5. The summed E-state index contributed by atoms with van der Waals surface area (Å²) in [5.41, 5.74) is 0.463.